The Morgan fingerprint density at radius 3 is 2.25 bits per heavy atom. The van der Waals surface area contributed by atoms with E-state index in [4.69, 9.17) is 4.74 Å². The Kier molecular flexibility index (Phi) is 5.65. The summed E-state index contributed by atoms with van der Waals surface area (Å²) >= 11 is 0. The van der Waals surface area contributed by atoms with Crippen LogP contribution in [0.5, 0.6) is 5.75 Å². The quantitative estimate of drug-likeness (QED) is 0.472. The Morgan fingerprint density at radius 1 is 1.00 bits per heavy atom. The average Bonchev–Trinajstić information content (AvgIpc) is 3.15. The Balaban J connectivity index is 1.44. The Morgan fingerprint density at radius 2 is 1.62 bits per heavy atom. The smallest absolute Gasteiger partial charge is 0.262 e. The first-order valence-electron chi connectivity index (χ1n) is 10.4. The molecule has 0 radical (unpaired) electrons. The van der Waals surface area contributed by atoms with Crippen molar-refractivity contribution >= 4 is 22.6 Å². The number of hydrogen-bond acceptors (Lipinski definition) is 4. The minimum absolute atomic E-state index is 0.0601. The summed E-state index contributed by atoms with van der Waals surface area (Å²) in [5, 5.41) is 11.8. The zero-order valence-electron chi connectivity index (χ0n) is 18.5. The van der Waals surface area contributed by atoms with Gasteiger partial charge in [0.2, 0.25) is 0 Å². The topological polar surface area (TPSA) is 69.0 Å². The van der Waals surface area contributed by atoms with Gasteiger partial charge in [-0.1, -0.05) is 32.9 Å². The summed E-state index contributed by atoms with van der Waals surface area (Å²) in [7, 11) is 0. The lowest BCUT2D eigenvalue weighted by Gasteiger charge is -2.19. The zero-order chi connectivity index (χ0) is 22.9. The summed E-state index contributed by atoms with van der Waals surface area (Å²) in [6.07, 6.45) is 0. The van der Waals surface area contributed by atoms with Gasteiger partial charge < -0.3 is 10.1 Å². The number of anilines is 1. The van der Waals surface area contributed by atoms with Crippen LogP contribution in [0.25, 0.3) is 16.7 Å². The molecule has 1 N–H and O–H groups in total. The molecule has 1 aromatic heterocycles. The summed E-state index contributed by atoms with van der Waals surface area (Å²) in [6.45, 7) is 8.22. The lowest BCUT2D eigenvalue weighted by molar-refractivity contribution is -0.118. The molecule has 3 aromatic carbocycles. The second-order valence-corrected chi connectivity index (χ2v) is 8.73. The van der Waals surface area contributed by atoms with E-state index in [9.17, 15) is 9.18 Å². The standard InChI is InChI=1S/C25H25FN4O2/c1-16-13-22-23(29-30(28-22)19-9-7-18(26)8-10-19)14-21(16)27-24(31)15-32-20-11-5-17(6-12-20)25(2,3)4/h5-14H,15H2,1-4H3,(H,27,31). The van der Waals surface area contributed by atoms with E-state index < -0.39 is 0 Å². The van der Waals surface area contributed by atoms with Crippen LogP contribution in [0.4, 0.5) is 10.1 Å². The van der Waals surface area contributed by atoms with Gasteiger partial charge in [-0.3, -0.25) is 4.79 Å². The van der Waals surface area contributed by atoms with Gasteiger partial charge in [0.05, 0.1) is 5.69 Å². The van der Waals surface area contributed by atoms with Crippen molar-refractivity contribution in [3.8, 4) is 11.4 Å². The average molecular weight is 432 g/mol. The minimum Gasteiger partial charge on any atom is -0.484 e. The fourth-order valence-electron chi connectivity index (χ4n) is 3.28. The monoisotopic (exact) mass is 432 g/mol. The molecule has 0 aliphatic rings. The molecule has 0 aliphatic carbocycles. The Bertz CT molecular complexity index is 1260. The van der Waals surface area contributed by atoms with Gasteiger partial charge in [0, 0.05) is 5.69 Å². The molecule has 1 amide bonds. The summed E-state index contributed by atoms with van der Waals surface area (Å²) < 4.78 is 18.8. The number of ether oxygens (including phenoxy) is 1. The molecular weight excluding hydrogens is 407 g/mol. The first kappa shape index (κ1) is 21.5. The predicted molar refractivity (Wildman–Crippen MR) is 123 cm³/mol. The third-order valence-electron chi connectivity index (χ3n) is 5.15. The van der Waals surface area contributed by atoms with Crippen LogP contribution in [0.3, 0.4) is 0 Å². The first-order valence-corrected chi connectivity index (χ1v) is 10.4. The lowest BCUT2D eigenvalue weighted by atomic mass is 9.87. The van der Waals surface area contributed by atoms with Crippen molar-refractivity contribution in [1.29, 1.82) is 0 Å². The molecule has 7 heteroatoms. The molecule has 1 heterocycles. The van der Waals surface area contributed by atoms with Gasteiger partial charge in [-0.25, -0.2) is 4.39 Å². The van der Waals surface area contributed by atoms with Crippen molar-refractivity contribution in [2.24, 2.45) is 0 Å². The number of halogens is 1. The van der Waals surface area contributed by atoms with Gasteiger partial charge in [0.1, 0.15) is 22.6 Å². The van der Waals surface area contributed by atoms with E-state index in [1.807, 2.05) is 37.3 Å². The first-order chi connectivity index (χ1) is 15.2. The van der Waals surface area contributed by atoms with Gasteiger partial charge in [-0.15, -0.1) is 10.2 Å². The number of carbonyl (C=O) groups excluding carboxylic acids is 1. The van der Waals surface area contributed by atoms with E-state index in [1.165, 1.54) is 22.5 Å². The number of nitrogens with zero attached hydrogens (tertiary/aromatic N) is 3. The SMILES string of the molecule is Cc1cc2nn(-c3ccc(F)cc3)nc2cc1NC(=O)COc1ccc(C(C)(C)C)cc1. The normalized spacial score (nSPS) is 11.5. The molecule has 32 heavy (non-hydrogen) atoms. The van der Waals surface area contributed by atoms with Crippen LogP contribution in [0.1, 0.15) is 31.9 Å². The summed E-state index contributed by atoms with van der Waals surface area (Å²) in [4.78, 5) is 13.9. The maximum atomic E-state index is 13.2. The number of benzene rings is 3. The second kappa shape index (κ2) is 8.42. The van der Waals surface area contributed by atoms with Gasteiger partial charge in [-0.05, 0) is 72.0 Å². The van der Waals surface area contributed by atoms with Gasteiger partial charge in [0.15, 0.2) is 6.61 Å². The summed E-state index contributed by atoms with van der Waals surface area (Å²) in [5.41, 5.74) is 4.70. The third-order valence-corrected chi connectivity index (χ3v) is 5.15. The van der Waals surface area contributed by atoms with E-state index in [-0.39, 0.29) is 23.7 Å². The number of nitrogens with one attached hydrogen (secondary N) is 1. The van der Waals surface area contributed by atoms with Crippen LogP contribution in [0, 0.1) is 12.7 Å². The van der Waals surface area contributed by atoms with Crippen LogP contribution in [-0.4, -0.2) is 27.5 Å². The van der Waals surface area contributed by atoms with Crippen molar-refractivity contribution in [2.75, 3.05) is 11.9 Å². The highest BCUT2D eigenvalue weighted by atomic mass is 19.1. The van der Waals surface area contributed by atoms with Crippen molar-refractivity contribution in [2.45, 2.75) is 33.1 Å². The van der Waals surface area contributed by atoms with Gasteiger partial charge in [0.25, 0.3) is 5.91 Å². The third kappa shape index (κ3) is 4.77. The molecule has 0 aliphatic heterocycles. The van der Waals surface area contributed by atoms with E-state index in [2.05, 4.69) is 36.3 Å². The highest BCUT2D eigenvalue weighted by Gasteiger charge is 2.14. The fourth-order valence-corrected chi connectivity index (χ4v) is 3.28. The number of amides is 1. The Labute approximate surface area is 186 Å². The molecule has 0 unspecified atom stereocenters. The maximum Gasteiger partial charge on any atom is 0.262 e. The molecule has 0 bridgehead atoms. The maximum absolute atomic E-state index is 13.2. The molecule has 0 saturated carbocycles. The van der Waals surface area contributed by atoms with Crippen LogP contribution in [-0.2, 0) is 10.2 Å². The van der Waals surface area contributed by atoms with Gasteiger partial charge in [-0.2, -0.15) is 4.80 Å². The van der Waals surface area contributed by atoms with Crippen molar-refractivity contribution in [1.82, 2.24) is 15.0 Å². The van der Waals surface area contributed by atoms with Crippen LogP contribution in [0.15, 0.2) is 60.7 Å². The number of fused-ring (bicyclic) bond motifs is 1. The minimum atomic E-state index is -0.321. The number of aromatic nitrogens is 3. The molecule has 4 rings (SSSR count). The highest BCUT2D eigenvalue weighted by Crippen LogP contribution is 2.25. The summed E-state index contributed by atoms with van der Waals surface area (Å²) in [5.74, 6) is 0.0551. The van der Waals surface area contributed by atoms with Crippen molar-refractivity contribution in [3.05, 3.63) is 77.6 Å². The molecule has 0 atom stereocenters. The largest absolute Gasteiger partial charge is 0.484 e. The number of carbonyl (C=O) groups is 1. The van der Waals surface area contributed by atoms with E-state index in [1.54, 1.807) is 18.2 Å². The number of aryl methyl sites for hydroxylation is 1. The van der Waals surface area contributed by atoms with Crippen molar-refractivity contribution in [3.63, 3.8) is 0 Å². The van der Waals surface area contributed by atoms with E-state index in [0.29, 0.717) is 28.2 Å². The fraction of sp³-hybridized carbons (Fsp3) is 0.240. The van der Waals surface area contributed by atoms with Crippen molar-refractivity contribution < 1.29 is 13.9 Å². The zero-order valence-corrected chi connectivity index (χ0v) is 18.5. The van der Waals surface area contributed by atoms with Gasteiger partial charge >= 0.3 is 0 Å². The number of hydrogen-bond donors (Lipinski definition) is 1. The predicted octanol–water partition coefficient (Wildman–Crippen LogP) is 5.18. The molecular formula is C25H25FN4O2. The number of rotatable bonds is 5. The van der Waals surface area contributed by atoms with E-state index >= 15 is 0 Å². The molecule has 164 valence electrons. The molecule has 4 aromatic rings. The van der Waals surface area contributed by atoms with E-state index in [0.717, 1.165) is 5.56 Å². The molecule has 0 fully saturated rings. The summed E-state index contributed by atoms with van der Waals surface area (Å²) in [6, 6.07) is 17.3. The van der Waals surface area contributed by atoms with Crippen LogP contribution >= 0.6 is 0 Å². The Hall–Kier alpha value is -3.74. The lowest BCUT2D eigenvalue weighted by Crippen LogP contribution is -2.20. The molecule has 6 nitrogen and oxygen atoms in total. The van der Waals surface area contributed by atoms with Crippen LogP contribution in [0.2, 0.25) is 0 Å². The molecule has 0 saturated heterocycles. The van der Waals surface area contributed by atoms with Crippen LogP contribution < -0.4 is 10.1 Å². The second-order valence-electron chi connectivity index (χ2n) is 8.73. The highest BCUT2D eigenvalue weighted by molar-refractivity contribution is 5.95. The molecule has 0 spiro atoms.